The van der Waals surface area contributed by atoms with E-state index in [2.05, 4.69) is 44.7 Å². The van der Waals surface area contributed by atoms with Gasteiger partial charge in [-0.25, -0.2) is 0 Å². The van der Waals surface area contributed by atoms with E-state index in [-0.39, 0.29) is 12.1 Å². The lowest BCUT2D eigenvalue weighted by atomic mass is 10.1. The standard InChI is InChI=1S/C14H20N2O/c1-5-15-9-13(17)16(12(15)4)14-10(2)7-6-8-11(14)3/h6-8,12H,5,9H2,1-4H3. The highest BCUT2D eigenvalue weighted by molar-refractivity contribution is 5.98. The Morgan fingerprint density at radius 3 is 2.35 bits per heavy atom. The van der Waals surface area contributed by atoms with Gasteiger partial charge in [-0.15, -0.1) is 0 Å². The van der Waals surface area contributed by atoms with Gasteiger partial charge < -0.3 is 0 Å². The number of aryl methyl sites for hydroxylation is 2. The van der Waals surface area contributed by atoms with E-state index in [1.165, 1.54) is 11.1 Å². The number of hydrogen-bond acceptors (Lipinski definition) is 2. The van der Waals surface area contributed by atoms with Crippen LogP contribution in [-0.4, -0.2) is 30.1 Å². The average molecular weight is 232 g/mol. The third kappa shape index (κ3) is 1.95. The second kappa shape index (κ2) is 4.49. The first-order valence-corrected chi connectivity index (χ1v) is 6.18. The molecule has 1 aliphatic rings. The van der Waals surface area contributed by atoms with Crippen molar-refractivity contribution in [3.63, 3.8) is 0 Å². The Kier molecular flexibility index (Phi) is 3.20. The first-order valence-electron chi connectivity index (χ1n) is 6.18. The van der Waals surface area contributed by atoms with E-state index < -0.39 is 0 Å². The van der Waals surface area contributed by atoms with Gasteiger partial charge in [0.25, 0.3) is 0 Å². The number of carbonyl (C=O) groups excluding carboxylic acids is 1. The van der Waals surface area contributed by atoms with Crippen molar-refractivity contribution >= 4 is 11.6 Å². The molecule has 1 amide bonds. The maximum absolute atomic E-state index is 12.1. The topological polar surface area (TPSA) is 23.6 Å². The molecular formula is C14H20N2O. The van der Waals surface area contributed by atoms with Gasteiger partial charge in [0, 0.05) is 0 Å². The highest BCUT2D eigenvalue weighted by atomic mass is 16.2. The van der Waals surface area contributed by atoms with Crippen LogP contribution >= 0.6 is 0 Å². The van der Waals surface area contributed by atoms with E-state index in [0.29, 0.717) is 6.54 Å². The van der Waals surface area contributed by atoms with Crippen molar-refractivity contribution in [1.29, 1.82) is 0 Å². The molecule has 0 saturated carbocycles. The molecule has 1 aromatic carbocycles. The molecular weight excluding hydrogens is 212 g/mol. The van der Waals surface area contributed by atoms with Crippen molar-refractivity contribution in [2.24, 2.45) is 0 Å². The molecule has 0 N–H and O–H groups in total. The maximum Gasteiger partial charge on any atom is 0.242 e. The number of amides is 1. The molecule has 0 radical (unpaired) electrons. The third-order valence-corrected chi connectivity index (χ3v) is 3.60. The van der Waals surface area contributed by atoms with Crippen molar-refractivity contribution in [1.82, 2.24) is 4.90 Å². The smallest absolute Gasteiger partial charge is 0.242 e. The Balaban J connectivity index is 2.43. The molecule has 0 spiro atoms. The molecule has 1 atom stereocenters. The van der Waals surface area contributed by atoms with Gasteiger partial charge in [0.05, 0.1) is 18.4 Å². The van der Waals surface area contributed by atoms with Crippen molar-refractivity contribution < 1.29 is 4.79 Å². The Morgan fingerprint density at radius 1 is 1.29 bits per heavy atom. The second-order valence-electron chi connectivity index (χ2n) is 4.70. The van der Waals surface area contributed by atoms with Crippen LogP contribution in [0.4, 0.5) is 5.69 Å². The van der Waals surface area contributed by atoms with Crippen molar-refractivity contribution in [2.45, 2.75) is 33.9 Å². The normalized spacial score (nSPS) is 21.3. The molecule has 3 heteroatoms. The fraction of sp³-hybridized carbons (Fsp3) is 0.500. The summed E-state index contributed by atoms with van der Waals surface area (Å²) in [5, 5.41) is 0. The summed E-state index contributed by atoms with van der Waals surface area (Å²) >= 11 is 0. The number of anilines is 1. The quantitative estimate of drug-likeness (QED) is 0.781. The average Bonchev–Trinajstić information content (AvgIpc) is 2.56. The highest BCUT2D eigenvalue weighted by Crippen LogP contribution is 2.30. The predicted octanol–water partition coefficient (Wildman–Crippen LogP) is 2.32. The Labute approximate surface area is 103 Å². The second-order valence-corrected chi connectivity index (χ2v) is 4.70. The van der Waals surface area contributed by atoms with Gasteiger partial charge in [-0.05, 0) is 38.4 Å². The fourth-order valence-electron chi connectivity index (χ4n) is 2.63. The van der Waals surface area contributed by atoms with Crippen LogP contribution in [0.1, 0.15) is 25.0 Å². The first-order chi connectivity index (χ1) is 8.06. The molecule has 3 nitrogen and oxygen atoms in total. The van der Waals surface area contributed by atoms with E-state index in [4.69, 9.17) is 0 Å². The molecule has 0 bridgehead atoms. The van der Waals surface area contributed by atoms with E-state index in [1.807, 2.05) is 11.0 Å². The van der Waals surface area contributed by atoms with E-state index in [9.17, 15) is 4.79 Å². The molecule has 0 aliphatic carbocycles. The lowest BCUT2D eigenvalue weighted by molar-refractivity contribution is -0.116. The number of likely N-dealkylation sites (N-methyl/N-ethyl adjacent to an activating group) is 1. The van der Waals surface area contributed by atoms with Crippen LogP contribution in [0.3, 0.4) is 0 Å². The van der Waals surface area contributed by atoms with Crippen LogP contribution in [-0.2, 0) is 4.79 Å². The summed E-state index contributed by atoms with van der Waals surface area (Å²) < 4.78 is 0. The minimum Gasteiger partial charge on any atom is -0.295 e. The summed E-state index contributed by atoms with van der Waals surface area (Å²) in [4.78, 5) is 16.3. The number of para-hydroxylation sites is 1. The lowest BCUT2D eigenvalue weighted by Gasteiger charge is -2.28. The van der Waals surface area contributed by atoms with Gasteiger partial charge in [-0.2, -0.15) is 0 Å². The number of nitrogens with zero attached hydrogens (tertiary/aromatic N) is 2. The van der Waals surface area contributed by atoms with Gasteiger partial charge in [0.2, 0.25) is 5.91 Å². The zero-order valence-electron chi connectivity index (χ0n) is 11.0. The number of carbonyl (C=O) groups is 1. The Bertz CT molecular complexity index is 422. The van der Waals surface area contributed by atoms with Crippen LogP contribution in [0, 0.1) is 13.8 Å². The molecule has 1 aromatic rings. The third-order valence-electron chi connectivity index (χ3n) is 3.60. The molecule has 1 fully saturated rings. The Hall–Kier alpha value is -1.35. The van der Waals surface area contributed by atoms with Crippen LogP contribution in [0.25, 0.3) is 0 Å². The molecule has 1 unspecified atom stereocenters. The summed E-state index contributed by atoms with van der Waals surface area (Å²) in [5.74, 6) is 0.205. The maximum atomic E-state index is 12.1. The minimum atomic E-state index is 0.160. The fourth-order valence-corrected chi connectivity index (χ4v) is 2.63. The van der Waals surface area contributed by atoms with Crippen molar-refractivity contribution in [3.8, 4) is 0 Å². The minimum absolute atomic E-state index is 0.160. The van der Waals surface area contributed by atoms with Crippen LogP contribution < -0.4 is 4.90 Å². The summed E-state index contributed by atoms with van der Waals surface area (Å²) in [6.07, 6.45) is 0.160. The summed E-state index contributed by atoms with van der Waals surface area (Å²) in [6.45, 7) is 9.77. The van der Waals surface area contributed by atoms with Crippen LogP contribution in [0.2, 0.25) is 0 Å². The van der Waals surface area contributed by atoms with E-state index in [0.717, 1.165) is 12.2 Å². The highest BCUT2D eigenvalue weighted by Gasteiger charge is 2.35. The lowest BCUT2D eigenvalue weighted by Crippen LogP contribution is -2.37. The van der Waals surface area contributed by atoms with Gasteiger partial charge in [0.15, 0.2) is 0 Å². The summed E-state index contributed by atoms with van der Waals surface area (Å²) in [7, 11) is 0. The number of rotatable bonds is 2. The number of benzene rings is 1. The molecule has 2 rings (SSSR count). The van der Waals surface area contributed by atoms with Crippen LogP contribution in [0.5, 0.6) is 0 Å². The van der Waals surface area contributed by atoms with Gasteiger partial charge in [-0.1, -0.05) is 25.1 Å². The zero-order chi connectivity index (χ0) is 12.6. The largest absolute Gasteiger partial charge is 0.295 e. The molecule has 0 aromatic heterocycles. The van der Waals surface area contributed by atoms with Gasteiger partial charge >= 0.3 is 0 Å². The predicted molar refractivity (Wildman–Crippen MR) is 70.1 cm³/mol. The summed E-state index contributed by atoms with van der Waals surface area (Å²) in [5.41, 5.74) is 3.42. The monoisotopic (exact) mass is 232 g/mol. The Morgan fingerprint density at radius 2 is 1.88 bits per heavy atom. The van der Waals surface area contributed by atoms with Crippen molar-refractivity contribution in [2.75, 3.05) is 18.0 Å². The van der Waals surface area contributed by atoms with Crippen LogP contribution in [0.15, 0.2) is 18.2 Å². The van der Waals surface area contributed by atoms with E-state index in [1.54, 1.807) is 0 Å². The van der Waals surface area contributed by atoms with Crippen molar-refractivity contribution in [3.05, 3.63) is 29.3 Å². The summed E-state index contributed by atoms with van der Waals surface area (Å²) in [6, 6.07) is 6.17. The number of hydrogen-bond donors (Lipinski definition) is 0. The molecule has 1 heterocycles. The first kappa shape index (κ1) is 12.1. The van der Waals surface area contributed by atoms with Gasteiger partial charge in [0.1, 0.15) is 0 Å². The SMILES string of the molecule is CCN1CC(=O)N(c2c(C)cccc2C)C1C. The molecule has 92 valence electrons. The van der Waals surface area contributed by atoms with Gasteiger partial charge in [-0.3, -0.25) is 14.6 Å². The molecule has 1 aliphatic heterocycles. The zero-order valence-corrected chi connectivity index (χ0v) is 11.0. The molecule has 1 saturated heterocycles. The molecule has 17 heavy (non-hydrogen) atoms. The van der Waals surface area contributed by atoms with E-state index >= 15 is 0 Å².